The quantitative estimate of drug-likeness (QED) is 0.714. The summed E-state index contributed by atoms with van der Waals surface area (Å²) in [5.74, 6) is 2.27. The Morgan fingerprint density at radius 2 is 2.07 bits per heavy atom. The van der Waals surface area contributed by atoms with Gasteiger partial charge in [-0.2, -0.15) is 5.10 Å². The smallest absolute Gasteiger partial charge is 0.161 e. The molecule has 4 rings (SSSR count). The molecule has 0 saturated carbocycles. The molecule has 0 aliphatic carbocycles. The molecule has 2 aromatic heterocycles. The van der Waals surface area contributed by atoms with Crippen molar-refractivity contribution in [2.24, 2.45) is 0 Å². The summed E-state index contributed by atoms with van der Waals surface area (Å²) < 4.78 is 16.1. The van der Waals surface area contributed by atoms with Crippen molar-refractivity contribution in [3.05, 3.63) is 47.5 Å². The van der Waals surface area contributed by atoms with Crippen LogP contribution < -0.4 is 9.47 Å². The number of aryl methyl sites for hydroxylation is 1. The zero-order valence-corrected chi connectivity index (χ0v) is 15.9. The lowest BCUT2D eigenvalue weighted by Crippen LogP contribution is -2.23. The fraction of sp³-hybridized carbons (Fsp3) is 0.400. The third kappa shape index (κ3) is 3.42. The second kappa shape index (κ2) is 7.44. The average molecular weight is 368 g/mol. The number of rotatable bonds is 6. The SMILES string of the molecule is COc1ccc(-c2[nH]ncc2CN2CCC[C@@H]2c2cc(C)on2)cc1OC. The number of nitrogens with one attached hydrogen (secondary N) is 1. The first-order valence-electron chi connectivity index (χ1n) is 9.11. The molecule has 1 aliphatic heterocycles. The van der Waals surface area contributed by atoms with Gasteiger partial charge in [0.1, 0.15) is 11.5 Å². The summed E-state index contributed by atoms with van der Waals surface area (Å²) >= 11 is 0. The Hall–Kier alpha value is -2.80. The molecule has 7 heteroatoms. The van der Waals surface area contributed by atoms with Gasteiger partial charge in [0.05, 0.1) is 32.2 Å². The Morgan fingerprint density at radius 3 is 2.81 bits per heavy atom. The van der Waals surface area contributed by atoms with Crippen molar-refractivity contribution in [3.8, 4) is 22.8 Å². The number of aromatic amines is 1. The largest absolute Gasteiger partial charge is 0.493 e. The third-order valence-corrected chi connectivity index (χ3v) is 5.11. The van der Waals surface area contributed by atoms with E-state index >= 15 is 0 Å². The third-order valence-electron chi connectivity index (χ3n) is 5.11. The minimum atomic E-state index is 0.288. The lowest BCUT2D eigenvalue weighted by molar-refractivity contribution is 0.237. The molecule has 3 aromatic rings. The van der Waals surface area contributed by atoms with Crippen LogP contribution in [0.5, 0.6) is 11.5 Å². The zero-order chi connectivity index (χ0) is 18.8. The molecule has 3 heterocycles. The van der Waals surface area contributed by atoms with Gasteiger partial charge in [0.15, 0.2) is 11.5 Å². The molecule has 0 amide bonds. The molecule has 1 aromatic carbocycles. The molecule has 1 atom stereocenters. The summed E-state index contributed by atoms with van der Waals surface area (Å²) in [6.07, 6.45) is 4.14. The van der Waals surface area contributed by atoms with E-state index in [0.29, 0.717) is 11.5 Å². The van der Waals surface area contributed by atoms with Crippen LogP contribution in [-0.4, -0.2) is 41.0 Å². The number of benzene rings is 1. The number of nitrogens with zero attached hydrogens (tertiary/aromatic N) is 3. The van der Waals surface area contributed by atoms with E-state index in [2.05, 4.69) is 20.3 Å². The van der Waals surface area contributed by atoms with E-state index in [1.54, 1.807) is 14.2 Å². The fourth-order valence-corrected chi connectivity index (χ4v) is 3.78. The summed E-state index contributed by atoms with van der Waals surface area (Å²) in [6, 6.07) is 8.22. The van der Waals surface area contributed by atoms with Crippen LogP contribution in [0.3, 0.4) is 0 Å². The van der Waals surface area contributed by atoms with Crippen molar-refractivity contribution >= 4 is 0 Å². The van der Waals surface area contributed by atoms with Crippen LogP contribution in [0, 0.1) is 6.92 Å². The van der Waals surface area contributed by atoms with E-state index in [4.69, 9.17) is 14.0 Å². The Balaban J connectivity index is 1.59. The van der Waals surface area contributed by atoms with Gasteiger partial charge in [0.25, 0.3) is 0 Å². The van der Waals surface area contributed by atoms with E-state index < -0.39 is 0 Å². The molecule has 0 radical (unpaired) electrons. The average Bonchev–Trinajstić information content (AvgIpc) is 3.42. The van der Waals surface area contributed by atoms with Gasteiger partial charge in [0.2, 0.25) is 0 Å². The van der Waals surface area contributed by atoms with Crippen molar-refractivity contribution in [3.63, 3.8) is 0 Å². The first-order chi connectivity index (χ1) is 13.2. The summed E-state index contributed by atoms with van der Waals surface area (Å²) in [5, 5.41) is 11.6. The molecule has 0 spiro atoms. The van der Waals surface area contributed by atoms with Gasteiger partial charge >= 0.3 is 0 Å². The van der Waals surface area contributed by atoms with Crippen LogP contribution in [0.2, 0.25) is 0 Å². The normalized spacial score (nSPS) is 17.4. The number of likely N-dealkylation sites (tertiary alicyclic amines) is 1. The second-order valence-electron chi connectivity index (χ2n) is 6.83. The lowest BCUT2D eigenvalue weighted by Gasteiger charge is -2.22. The summed E-state index contributed by atoms with van der Waals surface area (Å²) in [6.45, 7) is 3.77. The van der Waals surface area contributed by atoms with Gasteiger partial charge in [-0.1, -0.05) is 5.16 Å². The van der Waals surface area contributed by atoms with E-state index in [1.165, 1.54) is 0 Å². The Bertz CT molecular complexity index is 918. The fourth-order valence-electron chi connectivity index (χ4n) is 3.78. The maximum Gasteiger partial charge on any atom is 0.161 e. The van der Waals surface area contributed by atoms with Gasteiger partial charge in [-0.05, 0) is 44.5 Å². The van der Waals surface area contributed by atoms with Crippen LogP contribution in [0.25, 0.3) is 11.3 Å². The maximum absolute atomic E-state index is 5.44. The lowest BCUT2D eigenvalue weighted by atomic mass is 10.1. The number of H-pyrrole nitrogens is 1. The number of hydrogen-bond acceptors (Lipinski definition) is 6. The molecule has 1 fully saturated rings. The molecule has 1 saturated heterocycles. The molecule has 0 unspecified atom stereocenters. The van der Waals surface area contributed by atoms with Gasteiger partial charge in [-0.15, -0.1) is 0 Å². The summed E-state index contributed by atoms with van der Waals surface area (Å²) in [7, 11) is 3.28. The van der Waals surface area contributed by atoms with Gasteiger partial charge < -0.3 is 14.0 Å². The standard InChI is InChI=1S/C20H24N4O3/c1-13-9-16(23-27-13)17-5-4-8-24(17)12-15-11-21-22-20(15)14-6-7-18(25-2)19(10-14)26-3/h6-7,9-11,17H,4-5,8,12H2,1-3H3,(H,21,22)/t17-/m1/s1. The second-order valence-corrected chi connectivity index (χ2v) is 6.83. The number of aromatic nitrogens is 3. The molecule has 1 aliphatic rings. The van der Waals surface area contributed by atoms with Gasteiger partial charge in [-0.25, -0.2) is 0 Å². The molecular formula is C20H24N4O3. The molecule has 1 N–H and O–H groups in total. The van der Waals surface area contributed by atoms with E-state index in [1.807, 2.05) is 37.4 Å². The number of ether oxygens (including phenoxy) is 2. The van der Waals surface area contributed by atoms with E-state index in [0.717, 1.165) is 54.2 Å². The van der Waals surface area contributed by atoms with Crippen LogP contribution in [0.4, 0.5) is 0 Å². The Labute approximate surface area is 158 Å². The molecule has 0 bridgehead atoms. The predicted octanol–water partition coefficient (Wildman–Crippen LogP) is 3.73. The Kier molecular flexibility index (Phi) is 4.85. The predicted molar refractivity (Wildman–Crippen MR) is 101 cm³/mol. The van der Waals surface area contributed by atoms with Crippen molar-refractivity contribution in [2.75, 3.05) is 20.8 Å². The van der Waals surface area contributed by atoms with Crippen LogP contribution in [0.15, 0.2) is 35.0 Å². The minimum absolute atomic E-state index is 0.288. The highest BCUT2D eigenvalue weighted by molar-refractivity contribution is 5.66. The number of hydrogen-bond donors (Lipinski definition) is 1. The zero-order valence-electron chi connectivity index (χ0n) is 15.9. The van der Waals surface area contributed by atoms with Crippen molar-refractivity contribution < 1.29 is 14.0 Å². The van der Waals surface area contributed by atoms with E-state index in [9.17, 15) is 0 Å². The maximum atomic E-state index is 5.44. The monoisotopic (exact) mass is 368 g/mol. The van der Waals surface area contributed by atoms with Gasteiger partial charge in [0, 0.05) is 23.7 Å². The minimum Gasteiger partial charge on any atom is -0.493 e. The van der Waals surface area contributed by atoms with Crippen LogP contribution >= 0.6 is 0 Å². The Morgan fingerprint density at radius 1 is 1.22 bits per heavy atom. The molecule has 7 nitrogen and oxygen atoms in total. The summed E-state index contributed by atoms with van der Waals surface area (Å²) in [5.41, 5.74) is 4.18. The highest BCUT2D eigenvalue weighted by Gasteiger charge is 2.29. The van der Waals surface area contributed by atoms with Crippen LogP contribution in [-0.2, 0) is 6.54 Å². The van der Waals surface area contributed by atoms with Gasteiger partial charge in [-0.3, -0.25) is 10.00 Å². The number of methoxy groups -OCH3 is 2. The van der Waals surface area contributed by atoms with Crippen molar-refractivity contribution in [2.45, 2.75) is 32.4 Å². The highest BCUT2D eigenvalue weighted by Crippen LogP contribution is 2.36. The molecule has 27 heavy (non-hydrogen) atoms. The van der Waals surface area contributed by atoms with Crippen LogP contribution in [0.1, 0.15) is 35.9 Å². The first-order valence-corrected chi connectivity index (χ1v) is 9.11. The van der Waals surface area contributed by atoms with Crippen molar-refractivity contribution in [1.82, 2.24) is 20.3 Å². The summed E-state index contributed by atoms with van der Waals surface area (Å²) in [4.78, 5) is 2.44. The molecule has 142 valence electrons. The topological polar surface area (TPSA) is 76.4 Å². The first kappa shape index (κ1) is 17.6. The molecular weight excluding hydrogens is 344 g/mol. The highest BCUT2D eigenvalue weighted by atomic mass is 16.5. The van der Waals surface area contributed by atoms with Crippen molar-refractivity contribution in [1.29, 1.82) is 0 Å². The van der Waals surface area contributed by atoms with E-state index in [-0.39, 0.29) is 6.04 Å².